The lowest BCUT2D eigenvalue weighted by atomic mass is 10.0. The van der Waals surface area contributed by atoms with Gasteiger partial charge in [-0.1, -0.05) is 13.8 Å². The normalized spacial score (nSPS) is 11.7. The number of hydrogen-bond donors (Lipinski definition) is 1. The summed E-state index contributed by atoms with van der Waals surface area (Å²) < 4.78 is 7.36. The predicted molar refractivity (Wildman–Crippen MR) is 72.4 cm³/mol. The summed E-state index contributed by atoms with van der Waals surface area (Å²) in [5.74, 6) is 1.91. The Morgan fingerprint density at radius 2 is 2.33 bits per heavy atom. The molecule has 18 heavy (non-hydrogen) atoms. The highest BCUT2D eigenvalue weighted by Gasteiger charge is 2.14. The first kappa shape index (κ1) is 12.8. The maximum Gasteiger partial charge on any atom is 0.216 e. The van der Waals surface area contributed by atoms with Crippen molar-refractivity contribution in [1.29, 1.82) is 0 Å². The molecule has 0 atom stereocenters. The third-order valence-corrected chi connectivity index (χ3v) is 3.13. The SMILES string of the molecule is CCC(CC)c1n[nH]c(=S)n1/N=C\c1ccco1. The molecule has 1 N–H and O–H groups in total. The molecule has 0 spiro atoms. The van der Waals surface area contributed by atoms with Gasteiger partial charge in [-0.25, -0.2) is 0 Å². The first-order chi connectivity index (χ1) is 8.76. The van der Waals surface area contributed by atoms with Gasteiger partial charge in [-0.3, -0.25) is 5.10 Å². The van der Waals surface area contributed by atoms with Crippen LogP contribution in [0, 0.1) is 4.77 Å². The van der Waals surface area contributed by atoms with Crippen molar-refractivity contribution in [2.45, 2.75) is 32.6 Å². The molecule has 0 amide bonds. The van der Waals surface area contributed by atoms with Gasteiger partial charge in [0.1, 0.15) is 5.76 Å². The second-order valence-electron chi connectivity index (χ2n) is 3.97. The molecule has 2 rings (SSSR count). The number of H-pyrrole nitrogens is 1. The minimum Gasteiger partial charge on any atom is -0.463 e. The van der Waals surface area contributed by atoms with Crippen molar-refractivity contribution in [2.24, 2.45) is 5.10 Å². The smallest absolute Gasteiger partial charge is 0.216 e. The van der Waals surface area contributed by atoms with Crippen molar-refractivity contribution < 1.29 is 4.42 Å². The average molecular weight is 264 g/mol. The molecule has 0 aromatic carbocycles. The second kappa shape index (κ2) is 5.77. The lowest BCUT2D eigenvalue weighted by Gasteiger charge is -2.09. The fraction of sp³-hybridized carbons (Fsp3) is 0.417. The first-order valence-electron chi connectivity index (χ1n) is 6.01. The lowest BCUT2D eigenvalue weighted by molar-refractivity contribution is 0.555. The van der Waals surface area contributed by atoms with Crippen LogP contribution in [0.3, 0.4) is 0 Å². The Bertz CT molecular complexity index is 563. The Morgan fingerprint density at radius 1 is 1.56 bits per heavy atom. The molecule has 0 aliphatic rings. The van der Waals surface area contributed by atoms with Crippen LogP contribution in [-0.2, 0) is 0 Å². The van der Waals surface area contributed by atoms with Crippen LogP contribution in [0.2, 0.25) is 0 Å². The van der Waals surface area contributed by atoms with Crippen LogP contribution < -0.4 is 0 Å². The third-order valence-electron chi connectivity index (χ3n) is 2.87. The summed E-state index contributed by atoms with van der Waals surface area (Å²) in [6.07, 6.45) is 5.26. The molecule has 2 aromatic rings. The monoisotopic (exact) mass is 264 g/mol. The Morgan fingerprint density at radius 3 is 2.94 bits per heavy atom. The minimum absolute atomic E-state index is 0.353. The minimum atomic E-state index is 0.353. The van der Waals surface area contributed by atoms with E-state index in [0.717, 1.165) is 18.7 Å². The fourth-order valence-corrected chi connectivity index (χ4v) is 2.00. The van der Waals surface area contributed by atoms with E-state index < -0.39 is 0 Å². The number of aromatic nitrogens is 3. The number of hydrogen-bond acceptors (Lipinski definition) is 4. The summed E-state index contributed by atoms with van der Waals surface area (Å²) >= 11 is 5.18. The zero-order valence-electron chi connectivity index (χ0n) is 10.5. The largest absolute Gasteiger partial charge is 0.463 e. The molecule has 0 aliphatic carbocycles. The van der Waals surface area contributed by atoms with Gasteiger partial charge in [0.15, 0.2) is 5.82 Å². The van der Waals surface area contributed by atoms with Gasteiger partial charge in [0.25, 0.3) is 0 Å². The van der Waals surface area contributed by atoms with Gasteiger partial charge in [0.05, 0.1) is 12.5 Å². The second-order valence-corrected chi connectivity index (χ2v) is 4.36. The van der Waals surface area contributed by atoms with E-state index in [1.807, 2.05) is 12.1 Å². The van der Waals surface area contributed by atoms with Gasteiger partial charge in [-0.05, 0) is 37.2 Å². The van der Waals surface area contributed by atoms with Crippen molar-refractivity contribution in [3.8, 4) is 0 Å². The molecule has 2 aromatic heterocycles. The van der Waals surface area contributed by atoms with Crippen LogP contribution in [0.1, 0.15) is 44.2 Å². The zero-order chi connectivity index (χ0) is 13.0. The van der Waals surface area contributed by atoms with Crippen LogP contribution in [0.5, 0.6) is 0 Å². The molecular formula is C12H16N4OS. The van der Waals surface area contributed by atoms with Crippen molar-refractivity contribution >= 4 is 18.4 Å². The summed E-state index contributed by atoms with van der Waals surface area (Å²) in [7, 11) is 0. The topological polar surface area (TPSA) is 59.1 Å². The molecule has 0 saturated heterocycles. The van der Waals surface area contributed by atoms with Gasteiger partial charge < -0.3 is 4.42 Å². The van der Waals surface area contributed by atoms with E-state index in [2.05, 4.69) is 29.1 Å². The lowest BCUT2D eigenvalue weighted by Crippen LogP contribution is -2.05. The molecule has 2 heterocycles. The zero-order valence-corrected chi connectivity index (χ0v) is 11.3. The molecule has 0 bridgehead atoms. The van der Waals surface area contributed by atoms with E-state index in [1.54, 1.807) is 17.2 Å². The molecule has 0 saturated carbocycles. The van der Waals surface area contributed by atoms with E-state index in [1.165, 1.54) is 0 Å². The van der Waals surface area contributed by atoms with E-state index >= 15 is 0 Å². The Hall–Kier alpha value is -1.69. The average Bonchev–Trinajstić information content (AvgIpc) is 2.99. The molecule has 96 valence electrons. The maximum atomic E-state index is 5.20. The van der Waals surface area contributed by atoms with Crippen molar-refractivity contribution in [3.63, 3.8) is 0 Å². The summed E-state index contributed by atoms with van der Waals surface area (Å²) in [4.78, 5) is 0. The Kier molecular flexibility index (Phi) is 4.09. The van der Waals surface area contributed by atoms with E-state index in [-0.39, 0.29) is 0 Å². The summed E-state index contributed by atoms with van der Waals surface area (Å²) in [5, 5.41) is 11.4. The maximum absolute atomic E-state index is 5.20. The highest BCUT2D eigenvalue weighted by Crippen LogP contribution is 2.20. The van der Waals surface area contributed by atoms with Crippen molar-refractivity contribution in [3.05, 3.63) is 34.8 Å². The van der Waals surface area contributed by atoms with E-state index in [4.69, 9.17) is 16.6 Å². The molecule has 0 fully saturated rings. The highest BCUT2D eigenvalue weighted by molar-refractivity contribution is 7.71. The third kappa shape index (κ3) is 2.59. The standard InChI is InChI=1S/C12H16N4OS/c1-3-9(4-2)11-14-15-12(18)16(11)13-8-10-6-5-7-17-10/h5-9H,3-4H2,1-2H3,(H,15,18)/b13-8-. The number of aromatic amines is 1. The van der Waals surface area contributed by atoms with Gasteiger partial charge in [0.2, 0.25) is 4.77 Å². The quantitative estimate of drug-likeness (QED) is 0.665. The summed E-state index contributed by atoms with van der Waals surface area (Å²) in [6, 6.07) is 3.65. The highest BCUT2D eigenvalue weighted by atomic mass is 32.1. The van der Waals surface area contributed by atoms with Crippen LogP contribution >= 0.6 is 12.2 Å². The molecule has 0 aliphatic heterocycles. The Labute approximate surface area is 111 Å². The number of nitrogens with one attached hydrogen (secondary N) is 1. The van der Waals surface area contributed by atoms with Gasteiger partial charge in [-0.2, -0.15) is 14.9 Å². The van der Waals surface area contributed by atoms with Crippen molar-refractivity contribution in [2.75, 3.05) is 0 Å². The van der Waals surface area contributed by atoms with Crippen molar-refractivity contribution in [1.82, 2.24) is 14.9 Å². The van der Waals surface area contributed by atoms with Gasteiger partial charge in [0, 0.05) is 5.92 Å². The summed E-state index contributed by atoms with van der Waals surface area (Å²) in [6.45, 7) is 4.26. The van der Waals surface area contributed by atoms with E-state index in [9.17, 15) is 0 Å². The van der Waals surface area contributed by atoms with Crippen LogP contribution in [0.25, 0.3) is 0 Å². The molecule has 5 nitrogen and oxygen atoms in total. The van der Waals surface area contributed by atoms with Gasteiger partial charge >= 0.3 is 0 Å². The predicted octanol–water partition coefficient (Wildman–Crippen LogP) is 3.32. The first-order valence-corrected chi connectivity index (χ1v) is 6.42. The molecular weight excluding hydrogens is 248 g/mol. The number of nitrogens with zero attached hydrogens (tertiary/aromatic N) is 3. The molecule has 6 heteroatoms. The van der Waals surface area contributed by atoms with Gasteiger partial charge in [-0.15, -0.1) is 0 Å². The van der Waals surface area contributed by atoms with Crippen LogP contribution in [-0.4, -0.2) is 21.1 Å². The van der Waals surface area contributed by atoms with E-state index in [0.29, 0.717) is 16.4 Å². The molecule has 0 radical (unpaired) electrons. The van der Waals surface area contributed by atoms with Crippen LogP contribution in [0.4, 0.5) is 0 Å². The number of furan rings is 1. The number of rotatable bonds is 5. The fourth-order valence-electron chi connectivity index (χ4n) is 1.81. The molecule has 0 unspecified atom stereocenters. The summed E-state index contributed by atoms with van der Waals surface area (Å²) in [5.41, 5.74) is 0. The Balaban J connectivity index is 2.32. The van der Waals surface area contributed by atoms with Crippen LogP contribution in [0.15, 0.2) is 27.9 Å².